The lowest BCUT2D eigenvalue weighted by molar-refractivity contribution is -0.132. The van der Waals surface area contributed by atoms with Gasteiger partial charge in [-0.3, -0.25) is 19.5 Å². The van der Waals surface area contributed by atoms with Gasteiger partial charge in [-0.05, 0) is 36.8 Å². The summed E-state index contributed by atoms with van der Waals surface area (Å²) in [7, 11) is 1.39. The molecule has 30 heavy (non-hydrogen) atoms. The number of methoxy groups -OCH3 is 1. The summed E-state index contributed by atoms with van der Waals surface area (Å²) in [6.45, 7) is 1.73. The monoisotopic (exact) mass is 424 g/mol. The maximum absolute atomic E-state index is 13.0. The van der Waals surface area contributed by atoms with E-state index < -0.39 is 17.7 Å². The summed E-state index contributed by atoms with van der Waals surface area (Å²) in [6.07, 6.45) is 2.94. The first-order valence-electron chi connectivity index (χ1n) is 8.80. The Kier molecular flexibility index (Phi) is 4.92. The molecule has 9 nitrogen and oxygen atoms in total. The van der Waals surface area contributed by atoms with Gasteiger partial charge in [0.1, 0.15) is 10.8 Å². The number of rotatable bonds is 4. The van der Waals surface area contributed by atoms with E-state index in [9.17, 15) is 19.8 Å². The number of hydrogen-bond donors (Lipinski definition) is 2. The smallest absolute Gasteiger partial charge is 0.301 e. The number of Topliss-reactive ketones (excluding diaryl/α,β-unsaturated/α-hetero) is 1. The third-order valence-corrected chi connectivity index (χ3v) is 5.48. The minimum absolute atomic E-state index is 0.0981. The van der Waals surface area contributed by atoms with Crippen molar-refractivity contribution in [3.05, 3.63) is 64.4 Å². The molecule has 152 valence electrons. The van der Waals surface area contributed by atoms with Crippen molar-refractivity contribution in [3.8, 4) is 11.5 Å². The molecule has 4 rings (SSSR count). The van der Waals surface area contributed by atoms with Crippen LogP contribution in [0.2, 0.25) is 0 Å². The van der Waals surface area contributed by atoms with Crippen LogP contribution < -0.4 is 9.64 Å². The lowest BCUT2D eigenvalue weighted by atomic mass is 9.95. The van der Waals surface area contributed by atoms with Gasteiger partial charge in [0.2, 0.25) is 5.13 Å². The summed E-state index contributed by atoms with van der Waals surface area (Å²) in [6, 6.07) is 6.53. The number of ether oxygens (including phenoxy) is 1. The number of benzene rings is 1. The van der Waals surface area contributed by atoms with Crippen LogP contribution in [0.4, 0.5) is 5.13 Å². The number of amides is 1. The van der Waals surface area contributed by atoms with Gasteiger partial charge in [0, 0.05) is 18.0 Å². The molecule has 2 N–H and O–H groups in total. The van der Waals surface area contributed by atoms with Gasteiger partial charge < -0.3 is 14.9 Å². The fourth-order valence-electron chi connectivity index (χ4n) is 3.26. The number of carbonyl (C=O) groups excluding carboxylic acids is 2. The first kappa shape index (κ1) is 19.5. The molecule has 0 radical (unpaired) electrons. The van der Waals surface area contributed by atoms with Crippen molar-refractivity contribution in [2.45, 2.75) is 13.0 Å². The van der Waals surface area contributed by atoms with Crippen LogP contribution in [0.15, 0.2) is 48.3 Å². The summed E-state index contributed by atoms with van der Waals surface area (Å²) in [5.41, 5.74) is 0.686. The van der Waals surface area contributed by atoms with Gasteiger partial charge in [-0.2, -0.15) is 0 Å². The van der Waals surface area contributed by atoms with Gasteiger partial charge in [0.05, 0.1) is 18.7 Å². The summed E-state index contributed by atoms with van der Waals surface area (Å²) < 4.78 is 5.17. The summed E-state index contributed by atoms with van der Waals surface area (Å²) in [5.74, 6) is -1.96. The third kappa shape index (κ3) is 3.16. The van der Waals surface area contributed by atoms with Gasteiger partial charge in [0.15, 0.2) is 11.5 Å². The van der Waals surface area contributed by atoms with Crippen LogP contribution >= 0.6 is 11.3 Å². The Bertz CT molecular complexity index is 1170. The van der Waals surface area contributed by atoms with Crippen LogP contribution in [0.5, 0.6) is 11.5 Å². The zero-order valence-electron chi connectivity index (χ0n) is 15.9. The average Bonchev–Trinajstić information content (AvgIpc) is 3.29. The standard InChI is InChI=1S/C20H16N4O5S/c1-10-22-23-20(30-10)24-16(12-3-4-13(25)14(9-12)29-2)15(18(27)19(24)28)17(26)11-5-7-21-8-6-11/h3-9,16,25-26H,1-2H3. The number of pyridine rings is 1. The molecule has 1 aliphatic rings. The van der Waals surface area contributed by atoms with E-state index in [0.29, 0.717) is 16.1 Å². The van der Waals surface area contributed by atoms with Gasteiger partial charge in [-0.15, -0.1) is 10.2 Å². The van der Waals surface area contributed by atoms with Gasteiger partial charge in [-0.1, -0.05) is 17.4 Å². The van der Waals surface area contributed by atoms with E-state index in [4.69, 9.17) is 4.74 Å². The van der Waals surface area contributed by atoms with Crippen LogP contribution in [0.3, 0.4) is 0 Å². The highest BCUT2D eigenvalue weighted by atomic mass is 32.1. The van der Waals surface area contributed by atoms with E-state index in [1.807, 2.05) is 0 Å². The normalized spacial score (nSPS) is 18.1. The minimum atomic E-state index is -0.986. The Hall–Kier alpha value is -3.79. The van der Waals surface area contributed by atoms with Crippen molar-refractivity contribution in [2.75, 3.05) is 12.0 Å². The largest absolute Gasteiger partial charge is 0.507 e. The fraction of sp³-hybridized carbons (Fsp3) is 0.150. The van der Waals surface area contributed by atoms with Crippen LogP contribution in [0.25, 0.3) is 5.76 Å². The van der Waals surface area contributed by atoms with Gasteiger partial charge in [-0.25, -0.2) is 0 Å². The fourth-order valence-corrected chi connectivity index (χ4v) is 3.97. The molecule has 1 amide bonds. The molecule has 1 fully saturated rings. The molecule has 3 aromatic rings. The van der Waals surface area contributed by atoms with Crippen LogP contribution in [0.1, 0.15) is 22.2 Å². The summed E-state index contributed by atoms with van der Waals surface area (Å²) in [5, 5.41) is 29.7. The number of nitrogens with zero attached hydrogens (tertiary/aromatic N) is 4. The highest BCUT2D eigenvalue weighted by molar-refractivity contribution is 7.15. The molecule has 0 spiro atoms. The number of carbonyl (C=O) groups is 2. The number of aromatic nitrogens is 3. The molecule has 1 unspecified atom stereocenters. The van der Waals surface area contributed by atoms with E-state index >= 15 is 0 Å². The Morgan fingerprint density at radius 3 is 2.53 bits per heavy atom. The van der Waals surface area contributed by atoms with Crippen LogP contribution in [-0.4, -0.2) is 44.2 Å². The average molecular weight is 424 g/mol. The van der Waals surface area contributed by atoms with Crippen molar-refractivity contribution in [2.24, 2.45) is 0 Å². The van der Waals surface area contributed by atoms with E-state index in [0.717, 1.165) is 11.3 Å². The van der Waals surface area contributed by atoms with Crippen molar-refractivity contribution in [3.63, 3.8) is 0 Å². The predicted octanol–water partition coefficient (Wildman–Crippen LogP) is 2.58. The Labute approximate surface area is 174 Å². The van der Waals surface area contributed by atoms with Gasteiger partial charge in [0.25, 0.3) is 5.78 Å². The number of phenols is 1. The molecular formula is C20H16N4O5S. The second-order valence-electron chi connectivity index (χ2n) is 6.44. The number of anilines is 1. The topological polar surface area (TPSA) is 126 Å². The Morgan fingerprint density at radius 1 is 1.17 bits per heavy atom. The molecule has 10 heteroatoms. The SMILES string of the molecule is COc1cc(C2C(=C(O)c3ccncc3)C(=O)C(=O)N2c2nnc(C)s2)ccc1O. The van der Waals surface area contributed by atoms with Crippen molar-refractivity contribution in [1.82, 2.24) is 15.2 Å². The van der Waals surface area contributed by atoms with Crippen LogP contribution in [0, 0.1) is 6.92 Å². The molecule has 2 aromatic heterocycles. The van der Waals surface area contributed by atoms with Crippen molar-refractivity contribution >= 4 is 33.9 Å². The van der Waals surface area contributed by atoms with Crippen LogP contribution in [-0.2, 0) is 9.59 Å². The number of aliphatic hydroxyl groups excluding tert-OH is 1. The molecule has 0 bridgehead atoms. The van der Waals surface area contributed by atoms with Crippen molar-refractivity contribution < 1.29 is 24.5 Å². The van der Waals surface area contributed by atoms with E-state index in [1.54, 1.807) is 13.0 Å². The second kappa shape index (κ2) is 7.56. The molecule has 0 saturated carbocycles. The highest BCUT2D eigenvalue weighted by Gasteiger charge is 2.48. The zero-order valence-corrected chi connectivity index (χ0v) is 16.8. The van der Waals surface area contributed by atoms with E-state index in [2.05, 4.69) is 15.2 Å². The molecule has 1 aliphatic heterocycles. The minimum Gasteiger partial charge on any atom is -0.507 e. The number of hydrogen-bond acceptors (Lipinski definition) is 9. The first-order valence-corrected chi connectivity index (χ1v) is 9.62. The Balaban J connectivity index is 1.97. The number of aromatic hydroxyl groups is 1. The van der Waals surface area contributed by atoms with Crippen molar-refractivity contribution in [1.29, 1.82) is 0 Å². The maximum Gasteiger partial charge on any atom is 0.301 e. The number of phenolic OH excluding ortho intramolecular Hbond substituents is 1. The first-order chi connectivity index (χ1) is 14.4. The second-order valence-corrected chi connectivity index (χ2v) is 7.60. The third-order valence-electron chi connectivity index (χ3n) is 4.64. The summed E-state index contributed by atoms with van der Waals surface area (Å²) in [4.78, 5) is 31.0. The molecule has 1 aromatic carbocycles. The zero-order chi connectivity index (χ0) is 21.4. The van der Waals surface area contributed by atoms with E-state index in [-0.39, 0.29) is 28.0 Å². The lowest BCUT2D eigenvalue weighted by Crippen LogP contribution is -2.29. The highest BCUT2D eigenvalue weighted by Crippen LogP contribution is 2.44. The predicted molar refractivity (Wildman–Crippen MR) is 108 cm³/mol. The van der Waals surface area contributed by atoms with Gasteiger partial charge >= 0.3 is 5.91 Å². The molecule has 1 saturated heterocycles. The molecule has 0 aliphatic carbocycles. The number of aryl methyl sites for hydroxylation is 1. The summed E-state index contributed by atoms with van der Waals surface area (Å²) >= 11 is 1.15. The number of ketones is 1. The Morgan fingerprint density at radius 2 is 1.90 bits per heavy atom. The maximum atomic E-state index is 13.0. The molecule has 3 heterocycles. The molecular weight excluding hydrogens is 408 g/mol. The lowest BCUT2D eigenvalue weighted by Gasteiger charge is -2.23. The quantitative estimate of drug-likeness (QED) is 0.372. The number of aliphatic hydroxyl groups is 1. The molecule has 1 atom stereocenters. The van der Waals surface area contributed by atoms with E-state index in [1.165, 1.54) is 48.7 Å².